The topological polar surface area (TPSA) is 26.0 Å². The van der Waals surface area contributed by atoms with Crippen molar-refractivity contribution in [1.82, 2.24) is 0 Å². The molecule has 0 aliphatic heterocycles. The van der Waals surface area contributed by atoms with Gasteiger partial charge in [0.2, 0.25) is 0 Å². The molecule has 0 spiro atoms. The average molecular weight is 380 g/mol. The Morgan fingerprint density at radius 2 is 1.76 bits per heavy atom. The largest absolute Gasteiger partial charge is 0.396 e. The molecular weight excluding hydrogens is 346 g/mol. The average Bonchev–Trinajstić information content (AvgIpc) is 2.54. The molecule has 140 valence electrons. The van der Waals surface area contributed by atoms with Gasteiger partial charge in [0.15, 0.2) is 0 Å². The third-order valence-electron chi connectivity index (χ3n) is 7.03. The minimum Gasteiger partial charge on any atom is -0.396 e. The highest BCUT2D eigenvalue weighted by Gasteiger charge is 2.56. The van der Waals surface area contributed by atoms with Crippen LogP contribution in [0.25, 0.3) is 0 Å². The molecule has 1 nitrogen and oxygen atoms in total. The summed E-state index contributed by atoms with van der Waals surface area (Å²) in [5, 5.41) is 0. The summed E-state index contributed by atoms with van der Waals surface area (Å²) in [5.41, 5.74) is 8.44. The van der Waals surface area contributed by atoms with E-state index in [4.69, 9.17) is 11.6 Å². The molecule has 2 bridgehead atoms. The molecule has 3 heteroatoms. The van der Waals surface area contributed by atoms with Crippen LogP contribution in [0.4, 0.5) is 0 Å². The lowest BCUT2D eigenvalue weighted by molar-refractivity contribution is -0.0709. The van der Waals surface area contributed by atoms with Crippen LogP contribution in [-0.4, -0.2) is 11.4 Å². The predicted molar refractivity (Wildman–Crippen MR) is 114 cm³/mol. The molecule has 4 unspecified atom stereocenters. The molecule has 0 heterocycles. The highest BCUT2D eigenvalue weighted by Crippen LogP contribution is 2.64. The maximum atomic E-state index is 6.19. The van der Waals surface area contributed by atoms with Gasteiger partial charge in [0.05, 0.1) is 5.49 Å². The van der Waals surface area contributed by atoms with Crippen molar-refractivity contribution in [3.8, 4) is 0 Å². The molecule has 0 radical (unpaired) electrons. The van der Waals surface area contributed by atoms with Crippen LogP contribution in [0.1, 0.15) is 65.4 Å². The van der Waals surface area contributed by atoms with Gasteiger partial charge in [0.1, 0.15) is 0 Å². The van der Waals surface area contributed by atoms with E-state index in [2.05, 4.69) is 76.0 Å². The molecule has 1 aromatic rings. The van der Waals surface area contributed by atoms with Gasteiger partial charge in [0, 0.05) is 5.88 Å². The second-order valence-corrected chi connectivity index (χ2v) is 9.93. The second kappa shape index (κ2) is 7.96. The van der Waals surface area contributed by atoms with E-state index in [0.29, 0.717) is 16.2 Å². The highest BCUT2D eigenvalue weighted by atomic mass is 35.5. The van der Waals surface area contributed by atoms with Gasteiger partial charge in [-0.3, -0.25) is 0 Å². The van der Waals surface area contributed by atoms with E-state index in [-0.39, 0.29) is 0 Å². The fraction of sp³-hybridized carbons (Fsp3) is 0.682. The van der Waals surface area contributed by atoms with Crippen molar-refractivity contribution in [2.24, 2.45) is 28.4 Å². The number of benzene rings is 1. The van der Waals surface area contributed by atoms with Gasteiger partial charge in [-0.1, -0.05) is 70.2 Å². The summed E-state index contributed by atoms with van der Waals surface area (Å²) in [6.07, 6.45) is 6.55. The van der Waals surface area contributed by atoms with Crippen LogP contribution in [0, 0.1) is 22.7 Å². The van der Waals surface area contributed by atoms with Crippen LogP contribution >= 0.6 is 23.8 Å². The standard InChI is InChI=1S/C21H31Cl.CH3NS/c1-16-12-21(17-8-6-5-7-9-17)14-18(13-19(2,3)15-21)20(16,4)10-11-22;2-1-3/h5-9,16,18H,10-15H2,1-4H3;1H,(H2,2,3). The summed E-state index contributed by atoms with van der Waals surface area (Å²) in [7, 11) is 0. The summed E-state index contributed by atoms with van der Waals surface area (Å²) < 4.78 is 0. The van der Waals surface area contributed by atoms with Crippen LogP contribution < -0.4 is 5.73 Å². The van der Waals surface area contributed by atoms with Gasteiger partial charge < -0.3 is 5.73 Å². The Morgan fingerprint density at radius 3 is 2.32 bits per heavy atom. The molecule has 0 aromatic heterocycles. The molecule has 2 aliphatic rings. The molecule has 2 saturated carbocycles. The van der Waals surface area contributed by atoms with Crippen molar-refractivity contribution in [2.75, 3.05) is 5.88 Å². The molecule has 25 heavy (non-hydrogen) atoms. The number of hydrogen-bond acceptors (Lipinski definition) is 1. The van der Waals surface area contributed by atoms with Crippen LogP contribution in [0.5, 0.6) is 0 Å². The molecule has 2 aliphatic carbocycles. The number of hydrogen-bond donors (Lipinski definition) is 1. The first-order chi connectivity index (χ1) is 11.7. The first kappa shape index (κ1) is 20.7. The highest BCUT2D eigenvalue weighted by molar-refractivity contribution is 7.78. The zero-order valence-electron chi connectivity index (χ0n) is 16.2. The minimum absolute atomic E-state index is 0.388. The number of fused-ring (bicyclic) bond motifs is 2. The Labute approximate surface area is 164 Å². The van der Waals surface area contributed by atoms with E-state index >= 15 is 0 Å². The van der Waals surface area contributed by atoms with Gasteiger partial charge in [-0.25, -0.2) is 0 Å². The Bertz CT molecular complexity index is 569. The van der Waals surface area contributed by atoms with Gasteiger partial charge in [-0.2, -0.15) is 0 Å². The Hall–Kier alpha value is -0.600. The monoisotopic (exact) mass is 379 g/mol. The SMILES string of the molecule is CC1CC2(c3ccccc3)CC(CC(C)(C)C2)C1(C)CCCl.NC=S. The number of halogens is 1. The fourth-order valence-electron chi connectivity index (χ4n) is 5.90. The van der Waals surface area contributed by atoms with E-state index in [1.54, 1.807) is 5.56 Å². The maximum Gasteiger partial charge on any atom is 0.0588 e. The summed E-state index contributed by atoms with van der Waals surface area (Å²) in [4.78, 5) is 0. The lowest BCUT2D eigenvalue weighted by atomic mass is 9.44. The van der Waals surface area contributed by atoms with Gasteiger partial charge in [0.25, 0.3) is 0 Å². The normalized spacial score (nSPS) is 36.0. The van der Waals surface area contributed by atoms with Gasteiger partial charge in [-0.05, 0) is 65.7 Å². The molecule has 4 atom stereocenters. The zero-order chi connectivity index (χ0) is 18.7. The number of alkyl halides is 1. The van der Waals surface area contributed by atoms with Crippen molar-refractivity contribution >= 4 is 29.3 Å². The fourth-order valence-corrected chi connectivity index (χ4v) is 6.31. The van der Waals surface area contributed by atoms with Crippen LogP contribution in [-0.2, 0) is 5.41 Å². The maximum absolute atomic E-state index is 6.19. The van der Waals surface area contributed by atoms with Crippen LogP contribution in [0.3, 0.4) is 0 Å². The lowest BCUT2D eigenvalue weighted by Gasteiger charge is -2.61. The van der Waals surface area contributed by atoms with Gasteiger partial charge in [-0.15, -0.1) is 11.6 Å². The number of thiocarbonyl (C=S) groups is 1. The van der Waals surface area contributed by atoms with Crippen molar-refractivity contribution < 1.29 is 0 Å². The summed E-state index contributed by atoms with van der Waals surface area (Å²) >= 11 is 10.2. The number of rotatable bonds is 3. The Morgan fingerprint density at radius 1 is 1.16 bits per heavy atom. The summed E-state index contributed by atoms with van der Waals surface area (Å²) in [6.45, 7) is 9.96. The van der Waals surface area contributed by atoms with Gasteiger partial charge >= 0.3 is 0 Å². The number of nitrogens with two attached hydrogens (primary N) is 1. The lowest BCUT2D eigenvalue weighted by Crippen LogP contribution is -2.54. The first-order valence-electron chi connectivity index (χ1n) is 9.50. The predicted octanol–water partition coefficient (Wildman–Crippen LogP) is 6.33. The molecule has 3 rings (SSSR count). The first-order valence-corrected chi connectivity index (χ1v) is 10.5. The van der Waals surface area contributed by atoms with E-state index in [0.717, 1.165) is 23.2 Å². The Balaban J connectivity index is 0.000000701. The quantitative estimate of drug-likeness (QED) is 0.490. The van der Waals surface area contributed by atoms with Crippen LogP contribution in [0.15, 0.2) is 30.3 Å². The van der Waals surface area contributed by atoms with Crippen molar-refractivity contribution in [3.63, 3.8) is 0 Å². The van der Waals surface area contributed by atoms with Crippen molar-refractivity contribution in [3.05, 3.63) is 35.9 Å². The molecule has 2 N–H and O–H groups in total. The molecule has 0 amide bonds. The van der Waals surface area contributed by atoms with Crippen molar-refractivity contribution in [2.45, 2.75) is 65.2 Å². The second-order valence-electron chi connectivity index (χ2n) is 9.28. The van der Waals surface area contributed by atoms with E-state index in [1.807, 2.05) is 0 Å². The molecular formula is C22H34ClNS. The van der Waals surface area contributed by atoms with Crippen LogP contribution in [0.2, 0.25) is 0 Å². The smallest absolute Gasteiger partial charge is 0.0588 e. The summed E-state index contributed by atoms with van der Waals surface area (Å²) in [6, 6.07) is 11.3. The van der Waals surface area contributed by atoms with Crippen molar-refractivity contribution in [1.29, 1.82) is 0 Å². The van der Waals surface area contributed by atoms with E-state index in [1.165, 1.54) is 32.1 Å². The third-order valence-corrected chi connectivity index (χ3v) is 7.22. The van der Waals surface area contributed by atoms with E-state index < -0.39 is 0 Å². The van der Waals surface area contributed by atoms with E-state index in [9.17, 15) is 0 Å². The molecule has 2 fully saturated rings. The zero-order valence-corrected chi connectivity index (χ0v) is 17.8. The summed E-state index contributed by atoms with van der Waals surface area (Å²) in [5.74, 6) is 2.36. The molecule has 0 saturated heterocycles. The Kier molecular flexibility index (Phi) is 6.60. The molecule has 1 aromatic carbocycles. The third kappa shape index (κ3) is 4.22. The minimum atomic E-state index is 0.388.